The lowest BCUT2D eigenvalue weighted by Crippen LogP contribution is -2.16. The zero-order valence-corrected chi connectivity index (χ0v) is 13.5. The summed E-state index contributed by atoms with van der Waals surface area (Å²) in [4.78, 5) is 24.0. The van der Waals surface area contributed by atoms with Crippen LogP contribution < -0.4 is 14.8 Å². The first-order valence-corrected chi connectivity index (χ1v) is 7.82. The van der Waals surface area contributed by atoms with Crippen molar-refractivity contribution in [3.05, 3.63) is 53.1 Å². The number of ether oxygens (including phenoxy) is 3. The summed E-state index contributed by atoms with van der Waals surface area (Å²) in [6.07, 6.45) is 1.77. The standard InChI is InChI=1S/C19H15NO5/c1-23-19(22)12-5-6-13-14(18(21)20-15(13)10-12)9-11-3-2-4-16-17(11)25-8-7-24-16/h2-6,9-10H,7-8H2,1H3,(H,20,21). The molecule has 6 nitrogen and oxygen atoms in total. The van der Waals surface area contributed by atoms with E-state index < -0.39 is 5.97 Å². The second-order valence-corrected chi connectivity index (χ2v) is 5.64. The third-order valence-electron chi connectivity index (χ3n) is 4.12. The van der Waals surface area contributed by atoms with E-state index in [1.165, 1.54) is 7.11 Å². The lowest BCUT2D eigenvalue weighted by Gasteiger charge is -2.20. The van der Waals surface area contributed by atoms with E-state index in [1.54, 1.807) is 24.3 Å². The highest BCUT2D eigenvalue weighted by Gasteiger charge is 2.26. The van der Waals surface area contributed by atoms with Gasteiger partial charge in [0.15, 0.2) is 11.5 Å². The fourth-order valence-electron chi connectivity index (χ4n) is 2.95. The number of methoxy groups -OCH3 is 1. The Hall–Kier alpha value is -3.28. The number of carbonyl (C=O) groups excluding carboxylic acids is 2. The predicted octanol–water partition coefficient (Wildman–Crippen LogP) is 2.74. The number of esters is 1. The smallest absolute Gasteiger partial charge is 0.337 e. The number of hydrogen-bond donors (Lipinski definition) is 1. The van der Waals surface area contributed by atoms with Crippen LogP contribution in [0.1, 0.15) is 21.5 Å². The molecule has 2 aromatic carbocycles. The lowest BCUT2D eigenvalue weighted by atomic mass is 10.0. The fraction of sp³-hybridized carbons (Fsp3) is 0.158. The van der Waals surface area contributed by atoms with Crippen LogP contribution in [0.2, 0.25) is 0 Å². The van der Waals surface area contributed by atoms with Crippen molar-refractivity contribution in [3.8, 4) is 11.5 Å². The lowest BCUT2D eigenvalue weighted by molar-refractivity contribution is -0.110. The van der Waals surface area contributed by atoms with E-state index in [1.807, 2.05) is 18.2 Å². The fourth-order valence-corrected chi connectivity index (χ4v) is 2.95. The Morgan fingerprint density at radius 1 is 1.20 bits per heavy atom. The topological polar surface area (TPSA) is 73.9 Å². The van der Waals surface area contributed by atoms with Crippen LogP contribution >= 0.6 is 0 Å². The molecule has 0 unspecified atom stereocenters. The molecule has 0 spiro atoms. The highest BCUT2D eigenvalue weighted by molar-refractivity contribution is 6.35. The summed E-state index contributed by atoms with van der Waals surface area (Å²) < 4.78 is 16.0. The summed E-state index contributed by atoms with van der Waals surface area (Å²) in [5.41, 5.74) is 2.98. The first kappa shape index (κ1) is 15.3. The van der Waals surface area contributed by atoms with Crippen LogP contribution in [0.15, 0.2) is 36.4 Å². The van der Waals surface area contributed by atoms with E-state index in [0.717, 1.165) is 11.1 Å². The van der Waals surface area contributed by atoms with Crippen LogP contribution in [0.4, 0.5) is 5.69 Å². The van der Waals surface area contributed by atoms with Gasteiger partial charge in [-0.1, -0.05) is 18.2 Å². The number of amides is 1. The van der Waals surface area contributed by atoms with Gasteiger partial charge in [-0.2, -0.15) is 0 Å². The molecule has 126 valence electrons. The highest BCUT2D eigenvalue weighted by atomic mass is 16.6. The van der Waals surface area contributed by atoms with Gasteiger partial charge >= 0.3 is 5.97 Å². The van der Waals surface area contributed by atoms with Crippen LogP contribution in [-0.4, -0.2) is 32.2 Å². The molecule has 0 aromatic heterocycles. The van der Waals surface area contributed by atoms with E-state index >= 15 is 0 Å². The van der Waals surface area contributed by atoms with Gasteiger partial charge in [-0.15, -0.1) is 0 Å². The summed E-state index contributed by atoms with van der Waals surface area (Å²) in [5.74, 6) is 0.623. The molecule has 0 atom stereocenters. The Morgan fingerprint density at radius 3 is 2.88 bits per heavy atom. The molecule has 6 heteroatoms. The minimum Gasteiger partial charge on any atom is -0.486 e. The quantitative estimate of drug-likeness (QED) is 0.674. The Labute approximate surface area is 144 Å². The first-order valence-electron chi connectivity index (χ1n) is 7.82. The van der Waals surface area contributed by atoms with Crippen LogP contribution in [0.5, 0.6) is 11.5 Å². The largest absolute Gasteiger partial charge is 0.486 e. The number of benzene rings is 2. The number of carbonyl (C=O) groups is 2. The molecule has 0 aliphatic carbocycles. The van der Waals surface area contributed by atoms with Crippen molar-refractivity contribution in [1.82, 2.24) is 0 Å². The number of para-hydroxylation sites is 1. The molecule has 2 aliphatic heterocycles. The molecule has 4 rings (SSSR count). The van der Waals surface area contributed by atoms with E-state index in [2.05, 4.69) is 5.32 Å². The Morgan fingerprint density at radius 2 is 2.04 bits per heavy atom. The van der Waals surface area contributed by atoms with Crippen molar-refractivity contribution < 1.29 is 23.8 Å². The SMILES string of the molecule is COC(=O)c1ccc2c(c1)NC(=O)C2=Cc1cccc2c1OCCO2. The zero-order valence-electron chi connectivity index (χ0n) is 13.5. The molecule has 0 radical (unpaired) electrons. The molecular weight excluding hydrogens is 322 g/mol. The second kappa shape index (κ2) is 5.98. The summed E-state index contributed by atoms with van der Waals surface area (Å²) in [5, 5.41) is 2.78. The molecule has 2 aromatic rings. The van der Waals surface area contributed by atoms with Gasteiger partial charge in [0.2, 0.25) is 0 Å². The first-order chi connectivity index (χ1) is 12.2. The average molecular weight is 337 g/mol. The van der Waals surface area contributed by atoms with Gasteiger partial charge in [0, 0.05) is 22.4 Å². The minimum atomic E-state index is -0.447. The summed E-state index contributed by atoms with van der Waals surface area (Å²) >= 11 is 0. The van der Waals surface area contributed by atoms with Gasteiger partial charge in [-0.25, -0.2) is 4.79 Å². The van der Waals surface area contributed by atoms with Crippen LogP contribution in [0.25, 0.3) is 11.6 Å². The Balaban J connectivity index is 1.77. The molecule has 2 aliphatic rings. The number of rotatable bonds is 2. The number of anilines is 1. The maximum absolute atomic E-state index is 12.4. The van der Waals surface area contributed by atoms with E-state index in [-0.39, 0.29) is 5.91 Å². The van der Waals surface area contributed by atoms with E-state index in [0.29, 0.717) is 41.5 Å². The van der Waals surface area contributed by atoms with Crippen LogP contribution in [-0.2, 0) is 9.53 Å². The van der Waals surface area contributed by atoms with Gasteiger partial charge in [0.05, 0.1) is 12.7 Å². The summed E-state index contributed by atoms with van der Waals surface area (Å²) in [6, 6.07) is 10.5. The number of hydrogen-bond acceptors (Lipinski definition) is 5. The van der Waals surface area contributed by atoms with Crippen molar-refractivity contribution in [2.75, 3.05) is 25.6 Å². The monoisotopic (exact) mass is 337 g/mol. The molecule has 25 heavy (non-hydrogen) atoms. The van der Waals surface area contributed by atoms with Crippen LogP contribution in [0.3, 0.4) is 0 Å². The van der Waals surface area contributed by atoms with Gasteiger partial charge in [-0.3, -0.25) is 4.79 Å². The average Bonchev–Trinajstić information content (AvgIpc) is 2.96. The molecule has 2 heterocycles. The molecular formula is C19H15NO5. The predicted molar refractivity (Wildman–Crippen MR) is 91.7 cm³/mol. The van der Waals surface area contributed by atoms with Crippen molar-refractivity contribution in [3.63, 3.8) is 0 Å². The molecule has 0 saturated heterocycles. The minimum absolute atomic E-state index is 0.230. The van der Waals surface area contributed by atoms with Gasteiger partial charge < -0.3 is 19.5 Å². The highest BCUT2D eigenvalue weighted by Crippen LogP contribution is 2.39. The normalized spacial score (nSPS) is 16.4. The molecule has 0 fully saturated rings. The Bertz CT molecular complexity index is 916. The van der Waals surface area contributed by atoms with Crippen molar-refractivity contribution in [1.29, 1.82) is 0 Å². The zero-order chi connectivity index (χ0) is 17.4. The maximum atomic E-state index is 12.4. The van der Waals surface area contributed by atoms with Crippen molar-refractivity contribution in [2.24, 2.45) is 0 Å². The molecule has 0 bridgehead atoms. The van der Waals surface area contributed by atoms with Crippen molar-refractivity contribution >= 4 is 29.2 Å². The maximum Gasteiger partial charge on any atom is 0.337 e. The number of fused-ring (bicyclic) bond motifs is 2. The van der Waals surface area contributed by atoms with Crippen LogP contribution in [0, 0.1) is 0 Å². The second-order valence-electron chi connectivity index (χ2n) is 5.64. The third-order valence-corrected chi connectivity index (χ3v) is 4.12. The van der Waals surface area contributed by atoms with E-state index in [9.17, 15) is 9.59 Å². The van der Waals surface area contributed by atoms with Gasteiger partial charge in [-0.05, 0) is 24.3 Å². The molecule has 1 N–H and O–H groups in total. The summed E-state index contributed by atoms with van der Waals surface area (Å²) in [7, 11) is 1.32. The van der Waals surface area contributed by atoms with Gasteiger partial charge in [0.25, 0.3) is 5.91 Å². The van der Waals surface area contributed by atoms with Crippen molar-refractivity contribution in [2.45, 2.75) is 0 Å². The van der Waals surface area contributed by atoms with Gasteiger partial charge in [0.1, 0.15) is 13.2 Å². The van der Waals surface area contributed by atoms with E-state index in [4.69, 9.17) is 14.2 Å². The summed E-state index contributed by atoms with van der Waals surface area (Å²) in [6.45, 7) is 0.977. The molecule has 0 saturated carbocycles. The number of nitrogens with one attached hydrogen (secondary N) is 1. The third kappa shape index (κ3) is 2.61. The Kier molecular flexibility index (Phi) is 3.65. The molecule has 1 amide bonds.